The Morgan fingerprint density at radius 2 is 1.10 bits per heavy atom. The average Bonchev–Trinajstić information content (AvgIpc) is 2.26. The molecule has 0 radical (unpaired) electrons. The molecule has 8 heteroatoms. The van der Waals surface area contributed by atoms with Crippen molar-refractivity contribution < 1.29 is 30.9 Å². The number of hydrogen-bond acceptors (Lipinski definition) is 1. The van der Waals surface area contributed by atoms with Crippen molar-refractivity contribution in [1.82, 2.24) is 0 Å². The zero-order chi connectivity index (χ0) is 15.2. The maximum absolute atomic E-state index is 13.6. The highest BCUT2D eigenvalue weighted by Crippen LogP contribution is 2.40. The Kier molecular flexibility index (Phi) is 3.20. The lowest BCUT2D eigenvalue weighted by atomic mass is 10.3. The molecule has 0 saturated carbocycles. The summed E-state index contributed by atoms with van der Waals surface area (Å²) in [6, 6.07) is 2.80. The molecule has 0 saturated heterocycles. The highest BCUT2D eigenvalue weighted by molar-refractivity contribution is 8.10. The van der Waals surface area contributed by atoms with Crippen LogP contribution in [-0.4, -0.2) is 13.3 Å². The van der Waals surface area contributed by atoms with E-state index in [4.69, 9.17) is 0 Å². The quantitative estimate of drug-likeness (QED) is 0.836. The summed E-state index contributed by atoms with van der Waals surface area (Å²) in [5, 5.41) is 0. The van der Waals surface area contributed by atoms with Crippen LogP contribution in [0.2, 0.25) is 0 Å². The Morgan fingerprint density at radius 1 is 0.750 bits per heavy atom. The summed E-state index contributed by atoms with van der Waals surface area (Å²) in [6.07, 6.45) is 0. The van der Waals surface area contributed by atoms with E-state index in [0.717, 1.165) is 0 Å². The lowest BCUT2D eigenvalue weighted by molar-refractivity contribution is 0.375. The molecule has 0 bridgehead atoms. The van der Waals surface area contributed by atoms with Gasteiger partial charge in [0.15, 0.2) is 0 Å². The number of rotatable bonds is 2. The standard InChI is InChI=1S/C12H8F4O3S/c13-7-1-3-11(9(15)5-7)20(17,18,19)12-4-2-8(14)6-10(12)16/h1-6H,(H2,17,18,19). The lowest BCUT2D eigenvalue weighted by Gasteiger charge is -2.31. The predicted octanol–water partition coefficient (Wildman–Crippen LogP) is 3.43. The summed E-state index contributed by atoms with van der Waals surface area (Å²) >= 11 is 0. The first-order valence-electron chi connectivity index (χ1n) is 5.17. The molecule has 0 spiro atoms. The Bertz CT molecular complexity index is 697. The van der Waals surface area contributed by atoms with Crippen molar-refractivity contribution >= 4 is 9.63 Å². The summed E-state index contributed by atoms with van der Waals surface area (Å²) in [5.74, 6) is -5.16. The number of benzene rings is 2. The van der Waals surface area contributed by atoms with E-state index in [0.29, 0.717) is 24.3 Å². The third-order valence-corrected chi connectivity index (χ3v) is 4.83. The molecule has 2 aromatic carbocycles. The van der Waals surface area contributed by atoms with Crippen LogP contribution in [0.5, 0.6) is 0 Å². The van der Waals surface area contributed by atoms with Gasteiger partial charge in [0.1, 0.15) is 42.7 Å². The summed E-state index contributed by atoms with van der Waals surface area (Å²) in [5.41, 5.74) is 0. The second-order valence-corrected chi connectivity index (χ2v) is 6.62. The van der Waals surface area contributed by atoms with E-state index >= 15 is 0 Å². The Balaban J connectivity index is 2.76. The van der Waals surface area contributed by atoms with E-state index in [1.807, 2.05) is 0 Å². The van der Waals surface area contributed by atoms with Crippen LogP contribution in [0, 0.1) is 23.3 Å². The SMILES string of the molecule is O=S(O)(O)(c1ccc(F)cc1F)c1ccc(F)cc1F. The monoisotopic (exact) mass is 308 g/mol. The minimum Gasteiger partial charge on any atom is -0.301 e. The minimum absolute atomic E-state index is 0.261. The highest BCUT2D eigenvalue weighted by atomic mass is 32.3. The first-order chi connectivity index (χ1) is 9.10. The summed E-state index contributed by atoms with van der Waals surface area (Å²) < 4.78 is 84.6. The Labute approximate surface area is 110 Å². The number of halogens is 4. The van der Waals surface area contributed by atoms with E-state index in [1.165, 1.54) is 0 Å². The van der Waals surface area contributed by atoms with Crippen LogP contribution >= 0.6 is 0 Å². The van der Waals surface area contributed by atoms with Gasteiger partial charge in [-0.2, -0.15) is 0 Å². The second-order valence-electron chi connectivity index (χ2n) is 4.01. The third-order valence-electron chi connectivity index (χ3n) is 2.58. The fourth-order valence-electron chi connectivity index (χ4n) is 1.67. The van der Waals surface area contributed by atoms with E-state index in [1.54, 1.807) is 0 Å². The van der Waals surface area contributed by atoms with Crippen LogP contribution in [0.4, 0.5) is 17.6 Å². The van der Waals surface area contributed by atoms with Gasteiger partial charge in [0.25, 0.3) is 0 Å². The molecule has 0 heterocycles. The van der Waals surface area contributed by atoms with E-state index in [2.05, 4.69) is 0 Å². The van der Waals surface area contributed by atoms with Crippen molar-refractivity contribution in [3.05, 3.63) is 59.7 Å². The minimum atomic E-state index is -6.13. The zero-order valence-corrected chi connectivity index (χ0v) is 10.5. The van der Waals surface area contributed by atoms with Crippen molar-refractivity contribution in [3.8, 4) is 0 Å². The van der Waals surface area contributed by atoms with Gasteiger partial charge in [-0.1, -0.05) is 0 Å². The van der Waals surface area contributed by atoms with Gasteiger partial charge in [0.2, 0.25) is 0 Å². The first-order valence-corrected chi connectivity index (χ1v) is 7.05. The molecule has 3 nitrogen and oxygen atoms in total. The summed E-state index contributed by atoms with van der Waals surface area (Å²) in [4.78, 5) is -2.40. The van der Waals surface area contributed by atoms with E-state index in [-0.39, 0.29) is 12.1 Å². The molecule has 108 valence electrons. The predicted molar refractivity (Wildman–Crippen MR) is 62.6 cm³/mol. The first kappa shape index (κ1) is 14.6. The smallest absolute Gasteiger partial charge is 0.145 e. The third kappa shape index (κ3) is 2.33. The fourth-order valence-corrected chi connectivity index (χ4v) is 3.35. The Morgan fingerprint density at radius 3 is 1.40 bits per heavy atom. The summed E-state index contributed by atoms with van der Waals surface area (Å²) in [6.45, 7) is 0. The molecular formula is C12H8F4O3S. The summed E-state index contributed by atoms with van der Waals surface area (Å²) in [7, 11) is -6.13. The molecule has 0 unspecified atom stereocenters. The average molecular weight is 308 g/mol. The largest absolute Gasteiger partial charge is 0.301 e. The molecule has 0 aliphatic heterocycles. The van der Waals surface area contributed by atoms with Gasteiger partial charge >= 0.3 is 0 Å². The number of hydrogen-bond donors (Lipinski definition) is 2. The van der Waals surface area contributed by atoms with Crippen LogP contribution in [0.25, 0.3) is 0 Å². The molecule has 0 aliphatic carbocycles. The molecule has 0 amide bonds. The normalized spacial score (nSPS) is 13.8. The van der Waals surface area contributed by atoms with Crippen LogP contribution in [0.3, 0.4) is 0 Å². The van der Waals surface area contributed by atoms with Crippen LogP contribution in [-0.2, 0) is 9.63 Å². The maximum Gasteiger partial charge on any atom is 0.145 e. The molecule has 2 rings (SSSR count). The van der Waals surface area contributed by atoms with Crippen molar-refractivity contribution in [3.63, 3.8) is 0 Å². The zero-order valence-electron chi connectivity index (χ0n) is 9.69. The molecule has 0 atom stereocenters. The Hall–Kier alpha value is -1.77. The topological polar surface area (TPSA) is 57.5 Å². The maximum atomic E-state index is 13.6. The second kappa shape index (κ2) is 4.37. The molecular weight excluding hydrogens is 300 g/mol. The van der Waals surface area contributed by atoms with Crippen LogP contribution in [0.15, 0.2) is 46.2 Å². The van der Waals surface area contributed by atoms with Gasteiger partial charge in [-0.05, 0) is 24.3 Å². The molecule has 2 aromatic rings. The van der Waals surface area contributed by atoms with Crippen molar-refractivity contribution in [2.24, 2.45) is 0 Å². The van der Waals surface area contributed by atoms with Gasteiger partial charge in [0, 0.05) is 12.1 Å². The van der Waals surface area contributed by atoms with Gasteiger partial charge in [0.05, 0.1) is 0 Å². The van der Waals surface area contributed by atoms with Crippen molar-refractivity contribution in [1.29, 1.82) is 0 Å². The molecule has 0 fully saturated rings. The van der Waals surface area contributed by atoms with E-state index < -0.39 is 42.7 Å². The molecule has 20 heavy (non-hydrogen) atoms. The van der Waals surface area contributed by atoms with E-state index in [9.17, 15) is 30.9 Å². The van der Waals surface area contributed by atoms with Crippen LogP contribution in [0.1, 0.15) is 0 Å². The molecule has 0 aromatic heterocycles. The fraction of sp³-hybridized carbons (Fsp3) is 0. The van der Waals surface area contributed by atoms with Crippen molar-refractivity contribution in [2.75, 3.05) is 0 Å². The van der Waals surface area contributed by atoms with Crippen LogP contribution < -0.4 is 0 Å². The highest BCUT2D eigenvalue weighted by Gasteiger charge is 2.40. The molecule has 0 aliphatic rings. The van der Waals surface area contributed by atoms with Gasteiger partial charge in [-0.25, -0.2) is 21.8 Å². The van der Waals surface area contributed by atoms with Crippen molar-refractivity contribution in [2.45, 2.75) is 9.79 Å². The molecule has 2 N–H and O–H groups in total. The lowest BCUT2D eigenvalue weighted by Crippen LogP contribution is -2.34. The van der Waals surface area contributed by atoms with Gasteiger partial charge in [-0.15, -0.1) is 0 Å². The van der Waals surface area contributed by atoms with Gasteiger partial charge in [-0.3, -0.25) is 0 Å². The van der Waals surface area contributed by atoms with Gasteiger partial charge < -0.3 is 9.11 Å².